The summed E-state index contributed by atoms with van der Waals surface area (Å²) in [5, 5.41) is 8.13. The fraction of sp³-hybridized carbons (Fsp3) is 0.111. The van der Waals surface area contributed by atoms with Crippen LogP contribution in [0, 0.1) is 12.7 Å². The third kappa shape index (κ3) is 3.16. The predicted molar refractivity (Wildman–Crippen MR) is 94.5 cm³/mol. The van der Waals surface area contributed by atoms with E-state index in [-0.39, 0.29) is 11.6 Å². The summed E-state index contributed by atoms with van der Waals surface area (Å²) in [4.78, 5) is 17.5. The highest BCUT2D eigenvalue weighted by Crippen LogP contribution is 2.21. The lowest BCUT2D eigenvalue weighted by molar-refractivity contribution is 0.628. The number of nitrogens with two attached hydrogens (primary N) is 1. The zero-order chi connectivity index (χ0) is 18.1. The van der Waals surface area contributed by atoms with Gasteiger partial charge in [-0.1, -0.05) is 0 Å². The average molecular weight is 347 g/mol. The molecule has 4 rings (SSSR count). The lowest BCUT2D eigenvalue weighted by Gasteiger charge is -2.06. The van der Waals surface area contributed by atoms with Crippen molar-refractivity contribution in [1.82, 2.24) is 30.1 Å². The number of aromatic nitrogens is 6. The van der Waals surface area contributed by atoms with Crippen LogP contribution in [0.25, 0.3) is 22.4 Å². The largest absolute Gasteiger partial charge is 0.382 e. The summed E-state index contributed by atoms with van der Waals surface area (Å²) < 4.78 is 13.1. The molecule has 8 heteroatoms. The van der Waals surface area contributed by atoms with Gasteiger partial charge in [0.1, 0.15) is 11.6 Å². The van der Waals surface area contributed by atoms with Gasteiger partial charge in [-0.3, -0.25) is 0 Å². The molecule has 7 nitrogen and oxygen atoms in total. The normalized spacial score (nSPS) is 11.0. The molecule has 3 aromatic heterocycles. The molecule has 26 heavy (non-hydrogen) atoms. The first-order valence-corrected chi connectivity index (χ1v) is 7.93. The van der Waals surface area contributed by atoms with Crippen LogP contribution >= 0.6 is 0 Å². The van der Waals surface area contributed by atoms with Crippen molar-refractivity contribution in [2.45, 2.75) is 13.3 Å². The van der Waals surface area contributed by atoms with Crippen LogP contribution in [-0.2, 0) is 6.42 Å². The molecule has 0 aliphatic rings. The molecule has 128 valence electrons. The minimum atomic E-state index is -0.311. The van der Waals surface area contributed by atoms with Crippen molar-refractivity contribution in [2.24, 2.45) is 0 Å². The van der Waals surface area contributed by atoms with Gasteiger partial charge >= 0.3 is 0 Å². The fourth-order valence-electron chi connectivity index (χ4n) is 2.50. The molecular formula is C18H14FN7. The molecule has 0 radical (unpaired) electrons. The fourth-order valence-corrected chi connectivity index (χ4v) is 2.50. The second-order valence-electron chi connectivity index (χ2n) is 5.80. The summed E-state index contributed by atoms with van der Waals surface area (Å²) in [5.41, 5.74) is 9.76. The number of anilines is 1. The number of hydrogen-bond acceptors (Lipinski definition) is 7. The van der Waals surface area contributed by atoms with Crippen LogP contribution in [0.5, 0.6) is 0 Å². The summed E-state index contributed by atoms with van der Waals surface area (Å²) in [7, 11) is 0. The van der Waals surface area contributed by atoms with Crippen LogP contribution in [0.3, 0.4) is 0 Å². The van der Waals surface area contributed by atoms with Crippen molar-refractivity contribution in [3.63, 3.8) is 0 Å². The Hall–Kier alpha value is -3.55. The molecule has 0 saturated carbocycles. The van der Waals surface area contributed by atoms with E-state index in [2.05, 4.69) is 30.1 Å². The molecule has 4 aromatic rings. The van der Waals surface area contributed by atoms with E-state index in [0.717, 1.165) is 17.0 Å². The summed E-state index contributed by atoms with van der Waals surface area (Å²) in [5.74, 6) is 0.424. The van der Waals surface area contributed by atoms with E-state index in [1.165, 1.54) is 12.1 Å². The zero-order valence-corrected chi connectivity index (χ0v) is 13.9. The topological polar surface area (TPSA) is 103 Å². The number of hydrogen-bond donors (Lipinski definition) is 1. The first-order chi connectivity index (χ1) is 12.6. The number of rotatable bonds is 3. The van der Waals surface area contributed by atoms with E-state index in [1.807, 2.05) is 19.1 Å². The Morgan fingerprint density at radius 2 is 1.77 bits per heavy atom. The third-order valence-electron chi connectivity index (χ3n) is 3.81. The van der Waals surface area contributed by atoms with Crippen LogP contribution in [-0.4, -0.2) is 30.1 Å². The minimum absolute atomic E-state index is 0.238. The number of nitrogen functional groups attached to an aromatic ring is 1. The Morgan fingerprint density at radius 1 is 0.962 bits per heavy atom. The van der Waals surface area contributed by atoms with Gasteiger partial charge in [0, 0.05) is 5.56 Å². The van der Waals surface area contributed by atoms with Gasteiger partial charge in [-0.2, -0.15) is 10.2 Å². The minimum Gasteiger partial charge on any atom is -0.382 e. The highest BCUT2D eigenvalue weighted by Gasteiger charge is 2.11. The van der Waals surface area contributed by atoms with Gasteiger partial charge in [0.05, 0.1) is 29.7 Å². The smallest absolute Gasteiger partial charge is 0.183 e. The van der Waals surface area contributed by atoms with Crippen molar-refractivity contribution in [3.8, 4) is 11.3 Å². The zero-order valence-electron chi connectivity index (χ0n) is 13.9. The lowest BCUT2D eigenvalue weighted by Crippen LogP contribution is -2.06. The highest BCUT2D eigenvalue weighted by atomic mass is 19.1. The standard InChI is InChI=1S/C18H14FN7/c1-10-2-7-13(26-25-10)8-15-23-17(20)16-18(24-15)21-9-14(22-16)11-3-5-12(19)6-4-11/h2-7,9H,8H2,1H3,(H2,20,21,23,24). The van der Waals surface area contributed by atoms with Gasteiger partial charge in [-0.15, -0.1) is 0 Å². The molecule has 3 heterocycles. The molecule has 0 aliphatic heterocycles. The molecule has 0 saturated heterocycles. The van der Waals surface area contributed by atoms with Gasteiger partial charge in [0.15, 0.2) is 17.0 Å². The molecule has 0 bridgehead atoms. The average Bonchev–Trinajstić information content (AvgIpc) is 2.64. The van der Waals surface area contributed by atoms with E-state index in [1.54, 1.807) is 18.3 Å². The molecule has 2 N–H and O–H groups in total. The van der Waals surface area contributed by atoms with Gasteiger partial charge in [-0.05, 0) is 43.3 Å². The first-order valence-electron chi connectivity index (χ1n) is 7.93. The lowest BCUT2D eigenvalue weighted by atomic mass is 10.1. The summed E-state index contributed by atoms with van der Waals surface area (Å²) in [6.07, 6.45) is 1.98. The van der Waals surface area contributed by atoms with E-state index >= 15 is 0 Å². The van der Waals surface area contributed by atoms with Crippen molar-refractivity contribution >= 4 is 17.0 Å². The van der Waals surface area contributed by atoms with Crippen molar-refractivity contribution < 1.29 is 4.39 Å². The second-order valence-corrected chi connectivity index (χ2v) is 5.80. The Bertz CT molecular complexity index is 1080. The SMILES string of the molecule is Cc1ccc(Cc2nc(N)c3nc(-c4ccc(F)cc4)cnc3n2)nn1. The number of aryl methyl sites for hydroxylation is 1. The molecule has 1 aromatic carbocycles. The molecule has 0 atom stereocenters. The summed E-state index contributed by atoms with van der Waals surface area (Å²) in [6.45, 7) is 1.87. The molecular weight excluding hydrogens is 333 g/mol. The molecule has 0 amide bonds. The van der Waals surface area contributed by atoms with Crippen LogP contribution in [0.1, 0.15) is 17.2 Å². The Kier molecular flexibility index (Phi) is 3.92. The Morgan fingerprint density at radius 3 is 2.50 bits per heavy atom. The number of benzene rings is 1. The Labute approximate surface area is 148 Å². The van der Waals surface area contributed by atoms with Crippen molar-refractivity contribution in [1.29, 1.82) is 0 Å². The second kappa shape index (κ2) is 6.40. The highest BCUT2D eigenvalue weighted by molar-refractivity contribution is 5.82. The van der Waals surface area contributed by atoms with E-state index in [4.69, 9.17) is 5.73 Å². The van der Waals surface area contributed by atoms with Crippen molar-refractivity contribution in [3.05, 3.63) is 65.6 Å². The number of fused-ring (bicyclic) bond motifs is 1. The van der Waals surface area contributed by atoms with Crippen molar-refractivity contribution in [2.75, 3.05) is 5.73 Å². The summed E-state index contributed by atoms with van der Waals surface area (Å²) >= 11 is 0. The molecule has 0 aliphatic carbocycles. The number of halogens is 1. The monoisotopic (exact) mass is 347 g/mol. The van der Waals surface area contributed by atoms with Crippen LogP contribution in [0.4, 0.5) is 10.2 Å². The van der Waals surface area contributed by atoms with E-state index < -0.39 is 0 Å². The van der Waals surface area contributed by atoms with E-state index in [9.17, 15) is 4.39 Å². The van der Waals surface area contributed by atoms with Crippen LogP contribution in [0.2, 0.25) is 0 Å². The quantitative estimate of drug-likeness (QED) is 0.607. The van der Waals surface area contributed by atoms with E-state index in [0.29, 0.717) is 29.1 Å². The third-order valence-corrected chi connectivity index (χ3v) is 3.81. The van der Waals surface area contributed by atoms with Gasteiger partial charge in [0.25, 0.3) is 0 Å². The molecule has 0 spiro atoms. The van der Waals surface area contributed by atoms with Gasteiger partial charge < -0.3 is 5.73 Å². The maximum absolute atomic E-state index is 13.1. The predicted octanol–water partition coefficient (Wildman–Crippen LogP) is 2.50. The maximum atomic E-state index is 13.1. The molecule has 0 unspecified atom stereocenters. The molecule has 0 fully saturated rings. The maximum Gasteiger partial charge on any atom is 0.183 e. The summed E-state index contributed by atoms with van der Waals surface area (Å²) in [6, 6.07) is 9.75. The van der Waals surface area contributed by atoms with Crippen LogP contribution in [0.15, 0.2) is 42.6 Å². The number of nitrogens with zero attached hydrogens (tertiary/aromatic N) is 6. The Balaban J connectivity index is 1.70. The van der Waals surface area contributed by atoms with Crippen LogP contribution < -0.4 is 5.73 Å². The first kappa shape index (κ1) is 15.9. The van der Waals surface area contributed by atoms with Gasteiger partial charge in [-0.25, -0.2) is 24.3 Å². The van der Waals surface area contributed by atoms with Gasteiger partial charge in [0.2, 0.25) is 0 Å².